The molecule has 0 aliphatic heterocycles. The second kappa shape index (κ2) is 6.22. The summed E-state index contributed by atoms with van der Waals surface area (Å²) in [7, 11) is 3.78. The number of hydrogen-bond acceptors (Lipinski definition) is 2. The van der Waals surface area contributed by atoms with Crippen molar-refractivity contribution in [1.29, 1.82) is 0 Å². The molecule has 1 aromatic heterocycles. The fourth-order valence-electron chi connectivity index (χ4n) is 2.44. The molecule has 112 valence electrons. The highest BCUT2D eigenvalue weighted by atomic mass is 19.1. The van der Waals surface area contributed by atoms with Crippen LogP contribution in [-0.4, -0.2) is 28.8 Å². The van der Waals surface area contributed by atoms with Gasteiger partial charge in [0.25, 0.3) is 0 Å². The molecule has 0 radical (unpaired) electrons. The van der Waals surface area contributed by atoms with Crippen LogP contribution in [0.1, 0.15) is 27.3 Å². The van der Waals surface area contributed by atoms with E-state index in [0.29, 0.717) is 12.1 Å². The van der Waals surface area contributed by atoms with E-state index >= 15 is 0 Å². The lowest BCUT2D eigenvalue weighted by molar-refractivity contribution is 0.0941. The van der Waals surface area contributed by atoms with E-state index in [4.69, 9.17) is 0 Å². The Bertz CT molecular complexity index is 661. The van der Waals surface area contributed by atoms with Crippen LogP contribution in [0, 0.1) is 19.7 Å². The largest absolute Gasteiger partial charge is 0.351 e. The SMILES string of the molecule is Cc1cc(C(=O)CN(C)Cc2ccccc2F)c(C)n1C. The number of aromatic nitrogens is 1. The first-order valence-corrected chi connectivity index (χ1v) is 6.98. The van der Waals surface area contributed by atoms with Gasteiger partial charge in [-0.25, -0.2) is 4.39 Å². The second-order valence-corrected chi connectivity index (χ2v) is 5.53. The van der Waals surface area contributed by atoms with E-state index in [1.54, 1.807) is 18.2 Å². The highest BCUT2D eigenvalue weighted by molar-refractivity contribution is 5.99. The number of likely N-dealkylation sites (N-methyl/N-ethyl adjacent to an activating group) is 1. The number of hydrogen-bond donors (Lipinski definition) is 0. The van der Waals surface area contributed by atoms with E-state index in [0.717, 1.165) is 17.0 Å². The van der Waals surface area contributed by atoms with Crippen LogP contribution >= 0.6 is 0 Å². The van der Waals surface area contributed by atoms with Crippen molar-refractivity contribution in [2.45, 2.75) is 20.4 Å². The zero-order valence-electron chi connectivity index (χ0n) is 13.0. The molecule has 0 aliphatic rings. The predicted molar refractivity (Wildman–Crippen MR) is 82.0 cm³/mol. The summed E-state index contributed by atoms with van der Waals surface area (Å²) >= 11 is 0. The normalized spacial score (nSPS) is 11.1. The molecule has 0 bridgehead atoms. The molecule has 0 saturated heterocycles. The summed E-state index contributed by atoms with van der Waals surface area (Å²) in [6.07, 6.45) is 0. The highest BCUT2D eigenvalue weighted by Gasteiger charge is 2.16. The minimum atomic E-state index is -0.233. The van der Waals surface area contributed by atoms with Gasteiger partial charge in [0.05, 0.1) is 6.54 Å². The fourth-order valence-corrected chi connectivity index (χ4v) is 2.44. The fraction of sp³-hybridized carbons (Fsp3) is 0.353. The van der Waals surface area contributed by atoms with Gasteiger partial charge in [-0.1, -0.05) is 18.2 Å². The van der Waals surface area contributed by atoms with E-state index in [1.165, 1.54) is 6.07 Å². The number of rotatable bonds is 5. The zero-order valence-corrected chi connectivity index (χ0v) is 13.0. The summed E-state index contributed by atoms with van der Waals surface area (Å²) in [5.41, 5.74) is 3.38. The Labute approximate surface area is 125 Å². The van der Waals surface area contributed by atoms with Crippen LogP contribution in [0.4, 0.5) is 4.39 Å². The highest BCUT2D eigenvalue weighted by Crippen LogP contribution is 2.15. The molecule has 0 fully saturated rings. The lowest BCUT2D eigenvalue weighted by atomic mass is 10.1. The third-order valence-electron chi connectivity index (χ3n) is 3.89. The van der Waals surface area contributed by atoms with Crippen molar-refractivity contribution in [2.24, 2.45) is 7.05 Å². The topological polar surface area (TPSA) is 25.2 Å². The zero-order chi connectivity index (χ0) is 15.6. The van der Waals surface area contributed by atoms with Crippen LogP contribution in [0.2, 0.25) is 0 Å². The van der Waals surface area contributed by atoms with Gasteiger partial charge in [0.2, 0.25) is 0 Å². The van der Waals surface area contributed by atoms with E-state index in [9.17, 15) is 9.18 Å². The molecule has 0 N–H and O–H groups in total. The van der Waals surface area contributed by atoms with Crippen molar-refractivity contribution < 1.29 is 9.18 Å². The third kappa shape index (κ3) is 3.39. The lowest BCUT2D eigenvalue weighted by Crippen LogP contribution is -2.26. The van der Waals surface area contributed by atoms with E-state index in [1.807, 2.05) is 43.5 Å². The van der Waals surface area contributed by atoms with Gasteiger partial charge in [0.1, 0.15) is 5.82 Å². The van der Waals surface area contributed by atoms with Crippen LogP contribution in [0.15, 0.2) is 30.3 Å². The lowest BCUT2D eigenvalue weighted by Gasteiger charge is -2.16. The molecule has 0 atom stereocenters. The first-order valence-electron chi connectivity index (χ1n) is 6.98. The molecule has 0 aliphatic carbocycles. The van der Waals surface area contributed by atoms with Gasteiger partial charge >= 0.3 is 0 Å². The summed E-state index contributed by atoms with van der Waals surface area (Å²) in [5, 5.41) is 0. The van der Waals surface area contributed by atoms with Gasteiger partial charge in [0.15, 0.2) is 5.78 Å². The quantitative estimate of drug-likeness (QED) is 0.790. The first-order chi connectivity index (χ1) is 9.90. The van der Waals surface area contributed by atoms with Crippen LogP contribution in [0.5, 0.6) is 0 Å². The molecule has 0 spiro atoms. The second-order valence-electron chi connectivity index (χ2n) is 5.53. The van der Waals surface area contributed by atoms with Crippen LogP contribution in [-0.2, 0) is 13.6 Å². The minimum absolute atomic E-state index is 0.0649. The van der Waals surface area contributed by atoms with Crippen molar-refractivity contribution in [3.63, 3.8) is 0 Å². The molecule has 4 heteroatoms. The molecule has 0 amide bonds. The molecule has 2 aromatic rings. The molecule has 3 nitrogen and oxygen atoms in total. The molecule has 2 rings (SSSR count). The van der Waals surface area contributed by atoms with Crippen molar-refractivity contribution >= 4 is 5.78 Å². The molecule has 1 heterocycles. The van der Waals surface area contributed by atoms with E-state index in [2.05, 4.69) is 0 Å². The minimum Gasteiger partial charge on any atom is -0.351 e. The molecular weight excluding hydrogens is 267 g/mol. The summed E-state index contributed by atoms with van der Waals surface area (Å²) in [5.74, 6) is -0.168. The number of carbonyl (C=O) groups is 1. The van der Waals surface area contributed by atoms with Gasteiger partial charge in [-0.3, -0.25) is 9.69 Å². The average molecular weight is 288 g/mol. The van der Waals surface area contributed by atoms with E-state index < -0.39 is 0 Å². The molecule has 1 aromatic carbocycles. The van der Waals surface area contributed by atoms with Crippen molar-refractivity contribution in [3.8, 4) is 0 Å². The van der Waals surface area contributed by atoms with Crippen molar-refractivity contribution in [1.82, 2.24) is 9.47 Å². The number of carbonyl (C=O) groups excluding carboxylic acids is 1. The smallest absolute Gasteiger partial charge is 0.178 e. The number of benzene rings is 1. The van der Waals surface area contributed by atoms with Gasteiger partial charge < -0.3 is 4.57 Å². The molecule has 0 unspecified atom stereocenters. The number of Topliss-reactive ketones (excluding diaryl/α,β-unsaturated/α-hetero) is 1. The molecule has 0 saturated carbocycles. The number of aryl methyl sites for hydroxylation is 1. The van der Waals surface area contributed by atoms with Crippen LogP contribution in [0.3, 0.4) is 0 Å². The number of nitrogens with zero attached hydrogens (tertiary/aromatic N) is 2. The monoisotopic (exact) mass is 288 g/mol. The maximum atomic E-state index is 13.6. The number of halogens is 1. The Morgan fingerprint density at radius 3 is 2.52 bits per heavy atom. The maximum Gasteiger partial charge on any atom is 0.178 e. The number of ketones is 1. The van der Waals surface area contributed by atoms with Crippen molar-refractivity contribution in [3.05, 3.63) is 58.7 Å². The van der Waals surface area contributed by atoms with Gasteiger partial charge in [0, 0.05) is 36.1 Å². The maximum absolute atomic E-state index is 13.6. The van der Waals surface area contributed by atoms with Crippen LogP contribution in [0.25, 0.3) is 0 Å². The molecular formula is C17H21FN2O. The standard InChI is InChI=1S/C17H21FN2O/c1-12-9-15(13(2)20(12)4)17(21)11-19(3)10-14-7-5-6-8-16(14)18/h5-9H,10-11H2,1-4H3. The average Bonchev–Trinajstić information content (AvgIpc) is 2.69. The summed E-state index contributed by atoms with van der Waals surface area (Å²) in [4.78, 5) is 14.2. The van der Waals surface area contributed by atoms with Crippen molar-refractivity contribution in [2.75, 3.05) is 13.6 Å². The Morgan fingerprint density at radius 1 is 1.29 bits per heavy atom. The predicted octanol–water partition coefficient (Wildman–Crippen LogP) is 3.10. The third-order valence-corrected chi connectivity index (χ3v) is 3.89. The Hall–Kier alpha value is -1.94. The Kier molecular flexibility index (Phi) is 4.58. The van der Waals surface area contributed by atoms with E-state index in [-0.39, 0.29) is 18.1 Å². The summed E-state index contributed by atoms with van der Waals surface area (Å²) in [6, 6.07) is 8.57. The summed E-state index contributed by atoms with van der Waals surface area (Å²) < 4.78 is 15.6. The molecule has 21 heavy (non-hydrogen) atoms. The Morgan fingerprint density at radius 2 is 1.95 bits per heavy atom. The first kappa shape index (κ1) is 15.4. The van der Waals surface area contributed by atoms with Crippen LogP contribution < -0.4 is 0 Å². The van der Waals surface area contributed by atoms with Gasteiger partial charge in [-0.05, 0) is 33.0 Å². The summed E-state index contributed by atoms with van der Waals surface area (Å²) in [6.45, 7) is 4.62. The Balaban J connectivity index is 2.06. The van der Waals surface area contributed by atoms with Gasteiger partial charge in [-0.2, -0.15) is 0 Å². The van der Waals surface area contributed by atoms with Gasteiger partial charge in [-0.15, -0.1) is 0 Å².